The molecule has 0 unspecified atom stereocenters. The van der Waals surface area contributed by atoms with E-state index in [9.17, 15) is 10.2 Å². The van der Waals surface area contributed by atoms with Crippen molar-refractivity contribution in [1.82, 2.24) is 0 Å². The minimum absolute atomic E-state index is 0.105. The molecule has 0 aliphatic rings. The lowest BCUT2D eigenvalue weighted by atomic mass is 10.1. The lowest BCUT2D eigenvalue weighted by Gasteiger charge is -2.05. The van der Waals surface area contributed by atoms with Gasteiger partial charge in [-0.2, -0.15) is 0 Å². The Labute approximate surface area is 117 Å². The molecule has 104 valence electrons. The lowest BCUT2D eigenvalue weighted by Crippen LogP contribution is -1.87. The van der Waals surface area contributed by atoms with Crippen molar-refractivity contribution in [2.45, 2.75) is 6.61 Å². The van der Waals surface area contributed by atoms with Crippen molar-refractivity contribution in [3.8, 4) is 17.2 Å². The van der Waals surface area contributed by atoms with Crippen LogP contribution in [0.1, 0.15) is 16.7 Å². The molecule has 0 spiro atoms. The molecule has 0 aromatic heterocycles. The van der Waals surface area contributed by atoms with Crippen molar-refractivity contribution < 1.29 is 20.1 Å². The first-order valence-corrected chi connectivity index (χ1v) is 6.11. The molecule has 0 radical (unpaired) electrons. The standard InChI is InChI=1S/C16H16O4/c1-20-16-9-14(18)5-4-13(16)3-2-11-6-12(10-17)8-15(19)7-11/h2-9,17-19H,10H2,1H3/b3-2+. The third-order valence-electron chi connectivity index (χ3n) is 2.85. The second-order valence-corrected chi connectivity index (χ2v) is 4.35. The smallest absolute Gasteiger partial charge is 0.129 e. The Morgan fingerprint density at radius 3 is 2.50 bits per heavy atom. The number of benzene rings is 2. The minimum atomic E-state index is -0.127. The Kier molecular flexibility index (Phi) is 4.27. The van der Waals surface area contributed by atoms with Gasteiger partial charge in [-0.3, -0.25) is 0 Å². The van der Waals surface area contributed by atoms with Gasteiger partial charge in [-0.25, -0.2) is 0 Å². The Hall–Kier alpha value is -2.46. The highest BCUT2D eigenvalue weighted by molar-refractivity contribution is 5.73. The second-order valence-electron chi connectivity index (χ2n) is 4.35. The molecule has 0 heterocycles. The maximum atomic E-state index is 9.56. The molecule has 4 heteroatoms. The molecule has 0 aliphatic heterocycles. The van der Waals surface area contributed by atoms with Crippen LogP contribution in [0.5, 0.6) is 17.2 Å². The van der Waals surface area contributed by atoms with E-state index in [1.54, 1.807) is 30.3 Å². The fraction of sp³-hybridized carbons (Fsp3) is 0.125. The number of hydrogen-bond acceptors (Lipinski definition) is 4. The second kappa shape index (κ2) is 6.12. The summed E-state index contributed by atoms with van der Waals surface area (Å²) in [5.41, 5.74) is 2.21. The normalized spacial score (nSPS) is 10.9. The summed E-state index contributed by atoms with van der Waals surface area (Å²) >= 11 is 0. The van der Waals surface area contributed by atoms with Gasteiger partial charge >= 0.3 is 0 Å². The average molecular weight is 272 g/mol. The highest BCUT2D eigenvalue weighted by Gasteiger charge is 2.01. The minimum Gasteiger partial charge on any atom is -0.508 e. The molecule has 0 atom stereocenters. The van der Waals surface area contributed by atoms with E-state index >= 15 is 0 Å². The molecular weight excluding hydrogens is 256 g/mol. The summed E-state index contributed by atoms with van der Waals surface area (Å²) in [7, 11) is 1.53. The Morgan fingerprint density at radius 1 is 1.00 bits per heavy atom. The number of aliphatic hydroxyl groups is 1. The molecule has 0 aliphatic carbocycles. The van der Waals surface area contributed by atoms with Crippen LogP contribution in [0.2, 0.25) is 0 Å². The predicted octanol–water partition coefficient (Wildman–Crippen LogP) is 2.77. The highest BCUT2D eigenvalue weighted by Crippen LogP contribution is 2.26. The van der Waals surface area contributed by atoms with Gasteiger partial charge in [-0.1, -0.05) is 12.2 Å². The summed E-state index contributed by atoms with van der Waals surface area (Å²) in [6.07, 6.45) is 3.61. The fourth-order valence-electron chi connectivity index (χ4n) is 1.91. The molecule has 0 saturated carbocycles. The van der Waals surface area contributed by atoms with Gasteiger partial charge in [-0.15, -0.1) is 0 Å². The van der Waals surface area contributed by atoms with E-state index in [0.29, 0.717) is 11.3 Å². The van der Waals surface area contributed by atoms with Gasteiger partial charge in [-0.05, 0) is 41.5 Å². The number of hydrogen-bond donors (Lipinski definition) is 3. The van der Waals surface area contributed by atoms with Crippen LogP contribution >= 0.6 is 0 Å². The molecule has 0 bridgehead atoms. The van der Waals surface area contributed by atoms with E-state index in [-0.39, 0.29) is 18.1 Å². The van der Waals surface area contributed by atoms with Gasteiger partial charge in [0.2, 0.25) is 0 Å². The number of phenolic OH excluding ortho intramolecular Hbond substituents is 2. The zero-order valence-electron chi connectivity index (χ0n) is 11.1. The van der Waals surface area contributed by atoms with Gasteiger partial charge < -0.3 is 20.1 Å². The van der Waals surface area contributed by atoms with Gasteiger partial charge in [0.1, 0.15) is 17.2 Å². The van der Waals surface area contributed by atoms with E-state index in [0.717, 1.165) is 11.1 Å². The van der Waals surface area contributed by atoms with E-state index in [2.05, 4.69) is 0 Å². The van der Waals surface area contributed by atoms with E-state index in [1.807, 2.05) is 6.08 Å². The summed E-state index contributed by atoms with van der Waals surface area (Å²) in [6, 6.07) is 9.73. The van der Waals surface area contributed by atoms with Crippen LogP contribution in [-0.4, -0.2) is 22.4 Å². The molecule has 20 heavy (non-hydrogen) atoms. The lowest BCUT2D eigenvalue weighted by molar-refractivity contribution is 0.281. The predicted molar refractivity (Wildman–Crippen MR) is 77.6 cm³/mol. The van der Waals surface area contributed by atoms with Crippen molar-refractivity contribution >= 4 is 12.2 Å². The molecule has 3 N–H and O–H groups in total. The zero-order valence-corrected chi connectivity index (χ0v) is 11.1. The molecule has 4 nitrogen and oxygen atoms in total. The first kappa shape index (κ1) is 14.0. The van der Waals surface area contributed by atoms with Crippen LogP contribution in [0.4, 0.5) is 0 Å². The van der Waals surface area contributed by atoms with Crippen molar-refractivity contribution in [3.63, 3.8) is 0 Å². The highest BCUT2D eigenvalue weighted by atomic mass is 16.5. The van der Waals surface area contributed by atoms with Gasteiger partial charge in [0, 0.05) is 11.6 Å². The van der Waals surface area contributed by atoms with Crippen molar-refractivity contribution in [1.29, 1.82) is 0 Å². The zero-order chi connectivity index (χ0) is 14.5. The molecule has 2 aromatic rings. The number of methoxy groups -OCH3 is 1. The Bertz CT molecular complexity index is 632. The summed E-state index contributed by atoms with van der Waals surface area (Å²) in [4.78, 5) is 0. The monoisotopic (exact) mass is 272 g/mol. The van der Waals surface area contributed by atoms with Crippen molar-refractivity contribution in [2.75, 3.05) is 7.11 Å². The van der Waals surface area contributed by atoms with Gasteiger partial charge in [0.25, 0.3) is 0 Å². The largest absolute Gasteiger partial charge is 0.508 e. The molecule has 0 fully saturated rings. The first-order valence-electron chi connectivity index (χ1n) is 6.11. The van der Waals surface area contributed by atoms with Crippen LogP contribution in [-0.2, 0) is 6.61 Å². The fourth-order valence-corrected chi connectivity index (χ4v) is 1.91. The summed E-state index contributed by atoms with van der Waals surface area (Å²) in [5, 5.41) is 28.1. The molecule has 0 saturated heterocycles. The summed E-state index contributed by atoms with van der Waals surface area (Å²) in [6.45, 7) is -0.127. The van der Waals surface area contributed by atoms with E-state index in [1.165, 1.54) is 19.2 Å². The third kappa shape index (κ3) is 3.30. The summed E-state index contributed by atoms with van der Waals surface area (Å²) in [5.74, 6) is 0.802. The van der Waals surface area contributed by atoms with Gasteiger partial charge in [0.05, 0.1) is 13.7 Å². The van der Waals surface area contributed by atoms with Crippen LogP contribution in [0.25, 0.3) is 12.2 Å². The quantitative estimate of drug-likeness (QED) is 0.748. The maximum Gasteiger partial charge on any atom is 0.129 e. The van der Waals surface area contributed by atoms with Crippen LogP contribution in [0, 0.1) is 0 Å². The SMILES string of the molecule is COc1cc(O)ccc1/C=C/c1cc(O)cc(CO)c1. The number of phenols is 2. The van der Waals surface area contributed by atoms with Crippen LogP contribution in [0.3, 0.4) is 0 Å². The Balaban J connectivity index is 2.31. The average Bonchev–Trinajstić information content (AvgIpc) is 2.45. The number of aromatic hydroxyl groups is 2. The number of ether oxygens (including phenoxy) is 1. The van der Waals surface area contributed by atoms with Crippen molar-refractivity contribution in [3.05, 3.63) is 53.1 Å². The van der Waals surface area contributed by atoms with Gasteiger partial charge in [0.15, 0.2) is 0 Å². The molecule has 2 aromatic carbocycles. The third-order valence-corrected chi connectivity index (χ3v) is 2.85. The first-order chi connectivity index (χ1) is 9.62. The van der Waals surface area contributed by atoms with E-state index in [4.69, 9.17) is 9.84 Å². The van der Waals surface area contributed by atoms with Crippen molar-refractivity contribution in [2.24, 2.45) is 0 Å². The maximum absolute atomic E-state index is 9.56. The van der Waals surface area contributed by atoms with E-state index < -0.39 is 0 Å². The topological polar surface area (TPSA) is 69.9 Å². The number of rotatable bonds is 4. The Morgan fingerprint density at radius 2 is 1.80 bits per heavy atom. The molecular formula is C16H16O4. The van der Waals surface area contributed by atoms with Crippen LogP contribution < -0.4 is 4.74 Å². The van der Waals surface area contributed by atoms with Crippen LogP contribution in [0.15, 0.2) is 36.4 Å². The number of aliphatic hydroxyl groups excluding tert-OH is 1. The molecule has 0 amide bonds. The molecule has 2 rings (SSSR count). The summed E-state index contributed by atoms with van der Waals surface area (Å²) < 4.78 is 5.18.